The van der Waals surface area contributed by atoms with Gasteiger partial charge in [0, 0.05) is 66.0 Å². The quantitative estimate of drug-likeness (QED) is 0.0900. The Kier molecular flexibility index (Phi) is 22.9. The Morgan fingerprint density at radius 3 is 0.723 bits per heavy atom. The molecule has 22 aromatic rings. The molecule has 141 heavy (non-hydrogen) atoms. The monoisotopic (exact) mass is 1860 g/mol. The zero-order valence-electron chi connectivity index (χ0n) is 77.1. The summed E-state index contributed by atoms with van der Waals surface area (Å²) in [5.74, 6) is 0. The van der Waals surface area contributed by atoms with E-state index in [0.29, 0.717) is 15.1 Å². The molecule has 0 fully saturated rings. The zero-order valence-corrected chi connectivity index (χ0v) is 79.4. The predicted octanol–water partition coefficient (Wildman–Crippen LogP) is 37.2. The molecule has 6 heteroatoms. The van der Waals surface area contributed by atoms with Crippen molar-refractivity contribution in [1.29, 1.82) is 0 Å². The lowest BCUT2D eigenvalue weighted by Gasteiger charge is -2.34. The highest BCUT2D eigenvalue weighted by Crippen LogP contribution is 2.65. The van der Waals surface area contributed by atoms with Gasteiger partial charge in [0.2, 0.25) is 0 Å². The zero-order chi connectivity index (χ0) is 94.4. The Hall–Kier alpha value is -16.9. The summed E-state index contributed by atoms with van der Waals surface area (Å²) in [7, 11) is 0. The first-order chi connectivity index (χ1) is 69.7. The van der Waals surface area contributed by atoms with Crippen LogP contribution < -0.4 is 14.7 Å². The van der Waals surface area contributed by atoms with Gasteiger partial charge < -0.3 is 14.7 Å². The average Bonchev–Trinajstić information content (AvgIpc) is 1.50. The van der Waals surface area contributed by atoms with Gasteiger partial charge in [-0.15, -0.1) is 0 Å². The van der Waals surface area contributed by atoms with Crippen molar-refractivity contribution < 1.29 is 0 Å². The summed E-state index contributed by atoms with van der Waals surface area (Å²) in [6, 6.07) is 200. The molecule has 668 valence electrons. The molecule has 0 aromatic heterocycles. The van der Waals surface area contributed by atoms with Crippen LogP contribution in [0.2, 0.25) is 15.1 Å². The van der Waals surface area contributed by atoms with Gasteiger partial charge in [0.25, 0.3) is 0 Å². The number of anilines is 9. The first-order valence-electron chi connectivity index (χ1n) is 48.1. The fourth-order valence-electron chi connectivity index (χ4n) is 22.9. The van der Waals surface area contributed by atoms with Gasteiger partial charge in [0.05, 0.1) is 27.6 Å². The van der Waals surface area contributed by atoms with E-state index in [0.717, 1.165) is 67.9 Å². The van der Waals surface area contributed by atoms with Crippen LogP contribution in [-0.4, -0.2) is 0 Å². The van der Waals surface area contributed by atoms with Crippen LogP contribution in [0.15, 0.2) is 558 Å². The Labute approximate surface area is 839 Å². The van der Waals surface area contributed by atoms with Gasteiger partial charge >= 0.3 is 0 Å². The number of hydrogen-bond acceptors (Lipinski definition) is 3. The lowest BCUT2D eigenvalue weighted by Crippen LogP contribution is -2.28. The number of hydrogen-bond donors (Lipinski definition) is 0. The Balaban J connectivity index is 0.000000115. The van der Waals surface area contributed by atoms with Crippen LogP contribution in [0.4, 0.5) is 51.2 Å². The fraction of sp³-hybridized carbons (Fsp3) is 0.0222. The molecule has 0 saturated carbocycles. The molecule has 0 bridgehead atoms. The molecule has 0 heterocycles. The van der Waals surface area contributed by atoms with Crippen molar-refractivity contribution in [3.63, 3.8) is 0 Å². The topological polar surface area (TPSA) is 9.72 Å². The summed E-state index contributed by atoms with van der Waals surface area (Å²) < 4.78 is 0. The van der Waals surface area contributed by atoms with Crippen molar-refractivity contribution in [3.05, 3.63) is 640 Å². The van der Waals surface area contributed by atoms with Crippen LogP contribution in [0.1, 0.15) is 66.8 Å². The van der Waals surface area contributed by atoms with Crippen LogP contribution in [0, 0.1) is 0 Å². The van der Waals surface area contributed by atoms with Gasteiger partial charge in [-0.2, -0.15) is 0 Å². The standard InChI is InChI=1S/C49H34ClN.C43H28ClN.C43H30ClN/c50-40-28-30-41(31-29-40)51(48-23-13-11-20-43(48)37-26-24-36(25-27-37)35-14-4-1-5-15-35)42-32-33-47-45(34-42)44-21-10-12-22-46(44)49(47,38-16-6-2-7-17-38)39-18-8-3-9-19-39;44-31-13-10-14-33(27-31)45(32-23-21-30(22-24-32)29-11-2-1-3-12-29)34-25-26-42-38(28-34)37-17-6-9-20-41(37)43(42)39-18-7-4-15-35(39)36-16-5-8-19-40(36)43;44-34-21-14-22-35(29-34)45(42-26-13-11-23-37(42)31-15-4-1-5-16-31)36-27-28-41-39(30-36)38-24-10-12-25-40(38)43(41,32-17-6-2-7-18-32)33-19-8-3-9-20-33/h1-34H;1-28H;1-30H. The van der Waals surface area contributed by atoms with Gasteiger partial charge in [-0.05, 0) is 266 Å². The summed E-state index contributed by atoms with van der Waals surface area (Å²) in [5.41, 5.74) is 43.5. The normalized spacial score (nSPS) is 12.8. The summed E-state index contributed by atoms with van der Waals surface area (Å²) in [6.45, 7) is 0. The van der Waals surface area contributed by atoms with Crippen molar-refractivity contribution in [3.8, 4) is 89.0 Å². The summed E-state index contributed by atoms with van der Waals surface area (Å²) >= 11 is 19.7. The van der Waals surface area contributed by atoms with Crippen LogP contribution in [-0.2, 0) is 16.2 Å². The molecular formula is C135H92Cl3N3. The lowest BCUT2D eigenvalue weighted by molar-refractivity contribution is 0.768. The SMILES string of the molecule is Clc1ccc(N(c2ccc3c(c2)-c2ccccc2C3(c2ccccc2)c2ccccc2)c2ccccc2-c2ccc(-c3ccccc3)cc2)cc1.Clc1cccc(N(c2ccc(-c3ccccc3)cc2)c2ccc3c(c2)-c2ccccc2C32c3ccccc3-c3ccccc32)c1.Clc1cccc(N(c2ccc3c(c2)-c2ccccc2C3(c2ccccc2)c2ccccc2)c2ccccc2-c2ccccc2)c1. The second-order valence-corrected chi connectivity index (χ2v) is 37.6. The van der Waals surface area contributed by atoms with E-state index in [9.17, 15) is 0 Å². The number of fused-ring (bicyclic) bond motifs is 16. The van der Waals surface area contributed by atoms with E-state index in [4.69, 9.17) is 34.8 Å². The maximum atomic E-state index is 6.63. The minimum atomic E-state index is -0.448. The van der Waals surface area contributed by atoms with E-state index in [2.05, 4.69) is 524 Å². The Bertz CT molecular complexity index is 8240. The minimum absolute atomic E-state index is 0.351. The smallest absolute Gasteiger partial charge is 0.0725 e. The molecule has 0 saturated heterocycles. The van der Waals surface area contributed by atoms with Crippen LogP contribution in [0.5, 0.6) is 0 Å². The second-order valence-electron chi connectivity index (χ2n) is 36.3. The van der Waals surface area contributed by atoms with Gasteiger partial charge in [-0.25, -0.2) is 0 Å². The highest BCUT2D eigenvalue weighted by Gasteiger charge is 2.53. The van der Waals surface area contributed by atoms with Crippen molar-refractivity contribution in [2.75, 3.05) is 14.7 Å². The molecule has 0 aliphatic heterocycles. The van der Waals surface area contributed by atoms with Crippen LogP contribution in [0.3, 0.4) is 0 Å². The molecule has 4 aliphatic rings. The van der Waals surface area contributed by atoms with Gasteiger partial charge in [0.1, 0.15) is 0 Å². The molecule has 0 unspecified atom stereocenters. The van der Waals surface area contributed by atoms with Crippen molar-refractivity contribution in [1.82, 2.24) is 0 Å². The summed E-state index contributed by atoms with van der Waals surface area (Å²) in [4.78, 5) is 7.01. The van der Waals surface area contributed by atoms with E-state index in [1.54, 1.807) is 0 Å². The second kappa shape index (κ2) is 37.2. The molecule has 4 aliphatic carbocycles. The lowest BCUT2D eigenvalue weighted by atomic mass is 9.68. The maximum Gasteiger partial charge on any atom is 0.0725 e. The Morgan fingerprint density at radius 2 is 0.355 bits per heavy atom. The van der Waals surface area contributed by atoms with Crippen molar-refractivity contribution in [2.24, 2.45) is 0 Å². The van der Waals surface area contributed by atoms with E-state index in [1.165, 1.54) is 139 Å². The number of rotatable bonds is 17. The van der Waals surface area contributed by atoms with Crippen molar-refractivity contribution >= 4 is 86.0 Å². The van der Waals surface area contributed by atoms with E-state index >= 15 is 0 Å². The molecule has 1 spiro atoms. The van der Waals surface area contributed by atoms with Gasteiger partial charge in [-0.3, -0.25) is 0 Å². The van der Waals surface area contributed by atoms with Gasteiger partial charge in [-0.1, -0.05) is 472 Å². The first kappa shape index (κ1) is 86.9. The molecule has 26 rings (SSSR count). The first-order valence-corrected chi connectivity index (χ1v) is 49.2. The summed E-state index contributed by atoms with van der Waals surface area (Å²) in [5, 5.41) is 2.12. The number of halogens is 3. The third-order valence-electron chi connectivity index (χ3n) is 28.8. The molecule has 22 aromatic carbocycles. The molecule has 0 radical (unpaired) electrons. The largest absolute Gasteiger partial charge is 0.310 e. The van der Waals surface area contributed by atoms with E-state index < -0.39 is 10.8 Å². The molecular weight excluding hydrogens is 1770 g/mol. The third-order valence-corrected chi connectivity index (χ3v) is 29.5. The van der Waals surface area contributed by atoms with Gasteiger partial charge in [0.15, 0.2) is 0 Å². The summed E-state index contributed by atoms with van der Waals surface area (Å²) in [6.07, 6.45) is 0. The molecule has 0 N–H and O–H groups in total. The predicted molar refractivity (Wildman–Crippen MR) is 591 cm³/mol. The van der Waals surface area contributed by atoms with Crippen LogP contribution >= 0.6 is 34.8 Å². The highest BCUT2D eigenvalue weighted by atomic mass is 35.5. The minimum Gasteiger partial charge on any atom is -0.310 e. The van der Waals surface area contributed by atoms with Crippen molar-refractivity contribution in [2.45, 2.75) is 16.2 Å². The number of benzene rings is 22. The molecule has 0 atom stereocenters. The average molecular weight is 1860 g/mol. The Morgan fingerprint density at radius 1 is 0.128 bits per heavy atom. The maximum absolute atomic E-state index is 6.63. The van der Waals surface area contributed by atoms with E-state index in [1.807, 2.05) is 48.5 Å². The third kappa shape index (κ3) is 15.2. The molecule has 0 amide bonds. The van der Waals surface area contributed by atoms with Crippen LogP contribution in [0.25, 0.3) is 89.0 Å². The number of para-hydroxylation sites is 2. The molecule has 3 nitrogen and oxygen atoms in total. The van der Waals surface area contributed by atoms with E-state index in [-0.39, 0.29) is 5.41 Å². The fourth-order valence-corrected chi connectivity index (χ4v) is 23.3. The highest BCUT2D eigenvalue weighted by molar-refractivity contribution is 6.31. The number of nitrogens with zero attached hydrogens (tertiary/aromatic N) is 3.